The average molecular weight is 376 g/mol. The number of nitro benzene ring substituents is 1. The van der Waals surface area contributed by atoms with Crippen LogP contribution in [0.3, 0.4) is 0 Å². The van der Waals surface area contributed by atoms with E-state index in [4.69, 9.17) is 27.9 Å². The van der Waals surface area contributed by atoms with Crippen LogP contribution in [0.2, 0.25) is 0 Å². The van der Waals surface area contributed by atoms with Crippen molar-refractivity contribution in [1.29, 1.82) is 0 Å². The highest BCUT2D eigenvalue weighted by atomic mass is 35.5. The van der Waals surface area contributed by atoms with Gasteiger partial charge >= 0.3 is 0 Å². The average Bonchev–Trinajstić information content (AvgIpc) is 2.63. The number of hydrogen-bond acceptors (Lipinski definition) is 3. The zero-order valence-corrected chi connectivity index (χ0v) is 15.0. The molecule has 0 fully saturated rings. The summed E-state index contributed by atoms with van der Waals surface area (Å²) in [6.07, 6.45) is 3.44. The number of ether oxygens (including phenoxy) is 1. The fourth-order valence-corrected chi connectivity index (χ4v) is 3.38. The molecule has 0 amide bonds. The molecule has 0 bridgehead atoms. The third-order valence-corrected chi connectivity index (χ3v) is 4.98. The molecule has 2 aromatic rings. The molecule has 0 aromatic heterocycles. The highest BCUT2D eigenvalue weighted by Gasteiger charge is 2.19. The predicted molar refractivity (Wildman–Crippen MR) is 101 cm³/mol. The second-order valence-corrected chi connectivity index (χ2v) is 6.39. The first-order valence-electron chi connectivity index (χ1n) is 7.69. The summed E-state index contributed by atoms with van der Waals surface area (Å²) in [7, 11) is 1.58. The van der Waals surface area contributed by atoms with Crippen molar-refractivity contribution in [2.45, 2.75) is 12.8 Å². The van der Waals surface area contributed by atoms with E-state index in [0.29, 0.717) is 15.8 Å². The highest BCUT2D eigenvalue weighted by molar-refractivity contribution is 6.46. The van der Waals surface area contributed by atoms with Crippen molar-refractivity contribution in [2.24, 2.45) is 0 Å². The Labute approximate surface area is 155 Å². The van der Waals surface area contributed by atoms with Gasteiger partial charge in [0.1, 0.15) is 5.75 Å². The zero-order valence-electron chi connectivity index (χ0n) is 13.5. The molecule has 0 N–H and O–H groups in total. The van der Waals surface area contributed by atoms with Crippen LogP contribution >= 0.6 is 23.2 Å². The van der Waals surface area contributed by atoms with Gasteiger partial charge in [-0.05, 0) is 47.2 Å². The molecular weight excluding hydrogens is 361 g/mol. The van der Waals surface area contributed by atoms with Crippen molar-refractivity contribution in [1.82, 2.24) is 0 Å². The van der Waals surface area contributed by atoms with Crippen LogP contribution < -0.4 is 4.74 Å². The van der Waals surface area contributed by atoms with E-state index in [-0.39, 0.29) is 5.69 Å². The van der Waals surface area contributed by atoms with Gasteiger partial charge in [0, 0.05) is 12.1 Å². The lowest BCUT2D eigenvalue weighted by Crippen LogP contribution is -1.98. The number of allylic oxidation sites excluding steroid dienone is 4. The molecule has 0 saturated heterocycles. The van der Waals surface area contributed by atoms with Gasteiger partial charge in [0.15, 0.2) is 0 Å². The van der Waals surface area contributed by atoms with Crippen molar-refractivity contribution in [3.63, 3.8) is 0 Å². The maximum atomic E-state index is 11.1. The van der Waals surface area contributed by atoms with E-state index in [1.807, 2.05) is 30.3 Å². The number of halogens is 2. The van der Waals surface area contributed by atoms with Gasteiger partial charge in [0.05, 0.1) is 22.1 Å². The van der Waals surface area contributed by atoms with Crippen LogP contribution in [-0.2, 0) is 0 Å². The second-order valence-electron chi connectivity index (χ2n) is 5.60. The molecule has 4 nitrogen and oxygen atoms in total. The molecule has 1 aliphatic rings. The Morgan fingerprint density at radius 2 is 1.92 bits per heavy atom. The first kappa shape index (κ1) is 17.5. The Hall–Kier alpha value is -2.30. The van der Waals surface area contributed by atoms with E-state index in [0.717, 1.165) is 35.1 Å². The minimum absolute atomic E-state index is 0.0351. The molecule has 0 heterocycles. The summed E-state index contributed by atoms with van der Waals surface area (Å²) in [6.45, 7) is 0. The first-order chi connectivity index (χ1) is 12.0. The standard InChI is InChI=1S/C19H15Cl2NO3/c1-25-14-8-9-15(16-6-3-7-18(20)19(16)21)17(11-14)12-4-2-5-13(10-12)22(23)24/h2,4-5,7-11H,3,6H2,1H3. The first-order valence-corrected chi connectivity index (χ1v) is 8.44. The topological polar surface area (TPSA) is 52.4 Å². The SMILES string of the molecule is COc1ccc(C2=C(Cl)C(Cl)=CCC2)c(-c2cccc([N+](=O)[O-])c2)c1. The highest BCUT2D eigenvalue weighted by Crippen LogP contribution is 2.41. The lowest BCUT2D eigenvalue weighted by molar-refractivity contribution is -0.384. The molecular formula is C19H15Cl2NO3. The predicted octanol–water partition coefficient (Wildman–Crippen LogP) is 6.14. The summed E-state index contributed by atoms with van der Waals surface area (Å²) in [4.78, 5) is 10.7. The van der Waals surface area contributed by atoms with E-state index in [9.17, 15) is 10.1 Å². The van der Waals surface area contributed by atoms with Crippen LogP contribution in [0.25, 0.3) is 16.7 Å². The monoisotopic (exact) mass is 375 g/mol. The maximum absolute atomic E-state index is 11.1. The molecule has 25 heavy (non-hydrogen) atoms. The smallest absolute Gasteiger partial charge is 0.270 e. The number of benzene rings is 2. The molecule has 0 spiro atoms. The summed E-state index contributed by atoms with van der Waals surface area (Å²) >= 11 is 12.6. The number of nitro groups is 1. The van der Waals surface area contributed by atoms with E-state index >= 15 is 0 Å². The summed E-state index contributed by atoms with van der Waals surface area (Å²) in [6, 6.07) is 12.1. The molecule has 2 aromatic carbocycles. The van der Waals surface area contributed by atoms with Crippen LogP contribution in [0.4, 0.5) is 5.69 Å². The largest absolute Gasteiger partial charge is 0.497 e. The Kier molecular flexibility index (Phi) is 5.11. The van der Waals surface area contributed by atoms with Gasteiger partial charge in [0.25, 0.3) is 5.69 Å². The molecule has 0 aliphatic heterocycles. The molecule has 128 valence electrons. The Bertz CT molecular complexity index is 903. The van der Waals surface area contributed by atoms with E-state index in [2.05, 4.69) is 0 Å². The number of rotatable bonds is 4. The van der Waals surface area contributed by atoms with Gasteiger partial charge in [-0.15, -0.1) is 0 Å². The van der Waals surface area contributed by atoms with Crippen LogP contribution in [0.15, 0.2) is 58.6 Å². The normalized spacial score (nSPS) is 14.3. The Morgan fingerprint density at radius 1 is 1.12 bits per heavy atom. The lowest BCUT2D eigenvalue weighted by atomic mass is 9.90. The van der Waals surface area contributed by atoms with Gasteiger partial charge in [-0.25, -0.2) is 0 Å². The van der Waals surface area contributed by atoms with Gasteiger partial charge in [0.2, 0.25) is 0 Å². The molecule has 0 atom stereocenters. The minimum atomic E-state index is -0.407. The summed E-state index contributed by atoms with van der Waals surface area (Å²) in [5, 5.41) is 12.2. The van der Waals surface area contributed by atoms with Gasteiger partial charge < -0.3 is 4.74 Å². The fraction of sp³-hybridized carbons (Fsp3) is 0.158. The number of non-ortho nitro benzene ring substituents is 1. The van der Waals surface area contributed by atoms with Crippen molar-refractivity contribution in [3.8, 4) is 16.9 Å². The van der Waals surface area contributed by atoms with Crippen molar-refractivity contribution < 1.29 is 9.66 Å². The molecule has 3 rings (SSSR count). The number of methoxy groups -OCH3 is 1. The summed E-state index contributed by atoms with van der Waals surface area (Å²) in [5.41, 5.74) is 3.41. The molecule has 0 radical (unpaired) electrons. The van der Waals surface area contributed by atoms with E-state index < -0.39 is 4.92 Å². The Balaban J connectivity index is 2.22. The summed E-state index contributed by atoms with van der Waals surface area (Å²) < 4.78 is 5.32. The third-order valence-electron chi connectivity index (χ3n) is 4.11. The zero-order chi connectivity index (χ0) is 18.0. The van der Waals surface area contributed by atoms with Crippen LogP contribution in [-0.4, -0.2) is 12.0 Å². The maximum Gasteiger partial charge on any atom is 0.270 e. The number of nitrogens with zero attached hydrogens (tertiary/aromatic N) is 1. The fourth-order valence-electron chi connectivity index (χ4n) is 2.88. The van der Waals surface area contributed by atoms with Crippen molar-refractivity contribution in [2.75, 3.05) is 7.11 Å². The number of hydrogen-bond donors (Lipinski definition) is 0. The lowest BCUT2D eigenvalue weighted by Gasteiger charge is -2.19. The summed E-state index contributed by atoms with van der Waals surface area (Å²) in [5.74, 6) is 0.666. The van der Waals surface area contributed by atoms with Crippen LogP contribution in [0.5, 0.6) is 5.75 Å². The van der Waals surface area contributed by atoms with E-state index in [1.54, 1.807) is 19.2 Å². The van der Waals surface area contributed by atoms with Crippen molar-refractivity contribution >= 4 is 34.5 Å². The molecule has 1 aliphatic carbocycles. The minimum Gasteiger partial charge on any atom is -0.497 e. The molecule has 6 heteroatoms. The second kappa shape index (κ2) is 7.30. The van der Waals surface area contributed by atoms with Gasteiger partial charge in [-0.2, -0.15) is 0 Å². The molecule has 0 unspecified atom stereocenters. The van der Waals surface area contributed by atoms with Gasteiger partial charge in [-0.1, -0.05) is 47.5 Å². The Morgan fingerprint density at radius 3 is 2.64 bits per heavy atom. The van der Waals surface area contributed by atoms with E-state index in [1.165, 1.54) is 6.07 Å². The van der Waals surface area contributed by atoms with Crippen LogP contribution in [0.1, 0.15) is 18.4 Å². The third kappa shape index (κ3) is 3.55. The van der Waals surface area contributed by atoms with Gasteiger partial charge in [-0.3, -0.25) is 10.1 Å². The molecule has 0 saturated carbocycles. The van der Waals surface area contributed by atoms with Crippen LogP contribution in [0, 0.1) is 10.1 Å². The quantitative estimate of drug-likeness (QED) is 0.476. The van der Waals surface area contributed by atoms with Crippen molar-refractivity contribution in [3.05, 3.63) is 74.3 Å².